The van der Waals surface area contributed by atoms with Gasteiger partial charge in [-0.1, -0.05) is 29.5 Å². The zero-order chi connectivity index (χ0) is 23.8. The Hall–Kier alpha value is -2.72. The maximum Gasteiger partial charge on any atom is 0.234 e. The first-order valence-electron chi connectivity index (χ1n) is 10.5. The Kier molecular flexibility index (Phi) is 6.58. The number of aryl methyl sites for hydroxylation is 2. The van der Waals surface area contributed by atoms with E-state index in [1.807, 2.05) is 36.9 Å². The number of hydrogen-bond donors (Lipinski definition) is 1. The molecule has 1 N–H and O–H groups in total. The van der Waals surface area contributed by atoms with Crippen molar-refractivity contribution in [2.75, 3.05) is 41.7 Å². The van der Waals surface area contributed by atoms with Crippen LogP contribution in [0.4, 0.5) is 11.4 Å². The first-order chi connectivity index (χ1) is 15.7. The number of hydrogen-bond acceptors (Lipinski definition) is 8. The standard InChI is InChI=1S/C23H27N3O5S2/c1-14-5-7-17(15(2)9-14)24-22(27)11-32-23-25-18-12-33(28,29)13-20(18)26(23)19-10-16(30-3)6-8-21(19)31-4/h5-10,18,20H,11-13H2,1-4H3,(H,24,27)/t18-,20-/m0/s1. The number of benzene rings is 2. The van der Waals surface area contributed by atoms with Gasteiger partial charge in [-0.25, -0.2) is 8.42 Å². The summed E-state index contributed by atoms with van der Waals surface area (Å²) in [6.07, 6.45) is 0. The van der Waals surface area contributed by atoms with Crippen molar-refractivity contribution in [3.05, 3.63) is 47.5 Å². The Morgan fingerprint density at radius 2 is 1.94 bits per heavy atom. The molecule has 0 unspecified atom stereocenters. The van der Waals surface area contributed by atoms with Crippen LogP contribution in [0.2, 0.25) is 0 Å². The number of rotatable bonds is 6. The lowest BCUT2D eigenvalue weighted by Gasteiger charge is -2.28. The molecule has 2 aromatic rings. The largest absolute Gasteiger partial charge is 0.497 e. The predicted octanol–water partition coefficient (Wildman–Crippen LogP) is 3.03. The molecule has 2 aliphatic heterocycles. The van der Waals surface area contributed by atoms with Crippen LogP contribution in [0.15, 0.2) is 41.4 Å². The highest BCUT2D eigenvalue weighted by Crippen LogP contribution is 2.41. The van der Waals surface area contributed by atoms with Gasteiger partial charge in [0, 0.05) is 11.8 Å². The first kappa shape index (κ1) is 23.4. The van der Waals surface area contributed by atoms with Crippen LogP contribution in [-0.2, 0) is 14.6 Å². The number of ether oxygens (including phenoxy) is 2. The number of anilines is 2. The highest BCUT2D eigenvalue weighted by Gasteiger charge is 2.48. The van der Waals surface area contributed by atoms with Gasteiger partial charge in [-0.2, -0.15) is 0 Å². The molecule has 0 saturated carbocycles. The first-order valence-corrected chi connectivity index (χ1v) is 13.3. The van der Waals surface area contributed by atoms with Crippen LogP contribution in [0.5, 0.6) is 11.5 Å². The van der Waals surface area contributed by atoms with Crippen LogP contribution in [0.3, 0.4) is 0 Å². The van der Waals surface area contributed by atoms with Gasteiger partial charge in [0.25, 0.3) is 0 Å². The number of sulfone groups is 1. The lowest BCUT2D eigenvalue weighted by atomic mass is 10.1. The maximum absolute atomic E-state index is 12.7. The number of fused-ring (bicyclic) bond motifs is 1. The van der Waals surface area contributed by atoms with E-state index in [1.165, 1.54) is 11.8 Å². The second-order valence-electron chi connectivity index (χ2n) is 8.19. The molecule has 4 rings (SSSR count). The summed E-state index contributed by atoms with van der Waals surface area (Å²) in [5.41, 5.74) is 3.56. The fourth-order valence-corrected chi connectivity index (χ4v) is 6.93. The zero-order valence-electron chi connectivity index (χ0n) is 19.0. The molecule has 33 heavy (non-hydrogen) atoms. The Morgan fingerprint density at radius 3 is 2.64 bits per heavy atom. The van der Waals surface area contributed by atoms with Crippen molar-refractivity contribution in [2.45, 2.75) is 25.9 Å². The minimum Gasteiger partial charge on any atom is -0.497 e. The molecule has 1 amide bonds. The molecule has 0 aliphatic carbocycles. The van der Waals surface area contributed by atoms with Gasteiger partial charge in [-0.3, -0.25) is 9.79 Å². The topological polar surface area (TPSA) is 97.3 Å². The molecule has 2 aliphatic rings. The van der Waals surface area contributed by atoms with Crippen molar-refractivity contribution >= 4 is 44.0 Å². The number of carbonyl (C=O) groups excluding carboxylic acids is 1. The van der Waals surface area contributed by atoms with Crippen LogP contribution < -0.4 is 19.7 Å². The lowest BCUT2D eigenvalue weighted by Crippen LogP contribution is -2.39. The molecule has 0 radical (unpaired) electrons. The van der Waals surface area contributed by atoms with Crippen molar-refractivity contribution in [3.8, 4) is 11.5 Å². The number of aliphatic imine (C=N–C) groups is 1. The van der Waals surface area contributed by atoms with Crippen LogP contribution in [0, 0.1) is 13.8 Å². The third-order valence-corrected chi connectivity index (χ3v) is 8.41. The molecule has 2 aromatic carbocycles. The van der Waals surface area contributed by atoms with E-state index in [1.54, 1.807) is 32.4 Å². The summed E-state index contributed by atoms with van der Waals surface area (Å²) < 4.78 is 35.5. The van der Waals surface area contributed by atoms with E-state index in [-0.39, 0.29) is 35.2 Å². The molecule has 8 nitrogen and oxygen atoms in total. The van der Waals surface area contributed by atoms with Crippen molar-refractivity contribution in [1.82, 2.24) is 0 Å². The van der Waals surface area contributed by atoms with Crippen LogP contribution in [0.25, 0.3) is 0 Å². The SMILES string of the molecule is COc1ccc(OC)c(N2C(SCC(=O)Nc3ccc(C)cc3C)=N[C@H]3CS(=O)(=O)C[C@@H]32)c1. The quantitative estimate of drug-likeness (QED) is 0.666. The molecule has 1 saturated heterocycles. The minimum atomic E-state index is -3.19. The zero-order valence-corrected chi connectivity index (χ0v) is 20.6. The molecule has 10 heteroatoms. The van der Waals surface area contributed by atoms with Crippen molar-refractivity contribution < 1.29 is 22.7 Å². The van der Waals surface area contributed by atoms with Gasteiger partial charge in [0.2, 0.25) is 5.91 Å². The average Bonchev–Trinajstić information content (AvgIpc) is 3.24. The molecular formula is C23H27N3O5S2. The second-order valence-corrected chi connectivity index (χ2v) is 11.3. The van der Waals surface area contributed by atoms with Gasteiger partial charge in [-0.05, 0) is 37.6 Å². The normalized spacial score (nSPS) is 20.8. The van der Waals surface area contributed by atoms with E-state index in [0.29, 0.717) is 22.4 Å². The van der Waals surface area contributed by atoms with Gasteiger partial charge in [0.1, 0.15) is 11.5 Å². The monoisotopic (exact) mass is 489 g/mol. The van der Waals surface area contributed by atoms with Gasteiger partial charge in [0.15, 0.2) is 15.0 Å². The fourth-order valence-electron chi connectivity index (χ4n) is 4.17. The molecule has 0 spiro atoms. The summed E-state index contributed by atoms with van der Waals surface area (Å²) in [5.74, 6) is 1.18. The number of thioether (sulfide) groups is 1. The molecule has 176 valence electrons. The van der Waals surface area contributed by atoms with E-state index in [4.69, 9.17) is 14.5 Å². The Bertz CT molecular complexity index is 1210. The van der Waals surface area contributed by atoms with Gasteiger partial charge >= 0.3 is 0 Å². The summed E-state index contributed by atoms with van der Waals surface area (Å²) in [7, 11) is -0.0647. The fraction of sp³-hybridized carbons (Fsp3) is 0.391. The maximum atomic E-state index is 12.7. The predicted molar refractivity (Wildman–Crippen MR) is 133 cm³/mol. The molecule has 0 aromatic heterocycles. The van der Waals surface area contributed by atoms with Crippen LogP contribution in [-0.4, -0.2) is 63.1 Å². The molecular weight excluding hydrogens is 462 g/mol. The number of amidine groups is 1. The Balaban J connectivity index is 1.57. The van der Waals surface area contributed by atoms with Crippen molar-refractivity contribution in [1.29, 1.82) is 0 Å². The van der Waals surface area contributed by atoms with Crippen molar-refractivity contribution in [2.24, 2.45) is 4.99 Å². The van der Waals surface area contributed by atoms with Gasteiger partial charge < -0.3 is 19.7 Å². The number of carbonyl (C=O) groups is 1. The number of methoxy groups -OCH3 is 2. The van der Waals surface area contributed by atoms with Crippen molar-refractivity contribution in [3.63, 3.8) is 0 Å². The van der Waals surface area contributed by atoms with Gasteiger partial charge in [-0.15, -0.1) is 0 Å². The number of nitrogens with zero attached hydrogens (tertiary/aromatic N) is 2. The van der Waals surface area contributed by atoms with Gasteiger partial charge in [0.05, 0.1) is 49.2 Å². The summed E-state index contributed by atoms with van der Waals surface area (Å²) in [6.45, 7) is 3.96. The lowest BCUT2D eigenvalue weighted by molar-refractivity contribution is -0.113. The highest BCUT2D eigenvalue weighted by atomic mass is 32.2. The highest BCUT2D eigenvalue weighted by molar-refractivity contribution is 8.14. The summed E-state index contributed by atoms with van der Waals surface area (Å²) in [5, 5.41) is 3.55. The Labute approximate surface area is 198 Å². The van der Waals surface area contributed by atoms with Crippen LogP contribution in [0.1, 0.15) is 11.1 Å². The summed E-state index contributed by atoms with van der Waals surface area (Å²) in [4.78, 5) is 19.2. The second kappa shape index (κ2) is 9.26. The Morgan fingerprint density at radius 1 is 1.15 bits per heavy atom. The average molecular weight is 490 g/mol. The van der Waals surface area contributed by atoms with E-state index < -0.39 is 9.84 Å². The third-order valence-electron chi connectivity index (χ3n) is 5.74. The molecule has 0 bridgehead atoms. The van der Waals surface area contributed by atoms with E-state index in [9.17, 15) is 13.2 Å². The smallest absolute Gasteiger partial charge is 0.234 e. The van der Waals surface area contributed by atoms with Crippen LogP contribution >= 0.6 is 11.8 Å². The summed E-state index contributed by atoms with van der Waals surface area (Å²) in [6, 6.07) is 10.5. The minimum absolute atomic E-state index is 0.000346. The molecule has 2 heterocycles. The number of nitrogens with one attached hydrogen (secondary N) is 1. The van der Waals surface area contributed by atoms with E-state index in [0.717, 1.165) is 16.8 Å². The number of amides is 1. The molecule has 1 fully saturated rings. The summed E-state index contributed by atoms with van der Waals surface area (Å²) >= 11 is 1.29. The third kappa shape index (κ3) is 4.96. The molecule has 2 atom stereocenters. The van der Waals surface area contributed by atoms with E-state index in [2.05, 4.69) is 5.32 Å². The van der Waals surface area contributed by atoms with E-state index >= 15 is 0 Å².